The van der Waals surface area contributed by atoms with Crippen molar-refractivity contribution in [2.75, 3.05) is 13.2 Å². The van der Waals surface area contributed by atoms with Crippen LogP contribution in [0.1, 0.15) is 49.5 Å². The molecule has 1 atom stereocenters. The van der Waals surface area contributed by atoms with Crippen LogP contribution in [0.25, 0.3) is 21.0 Å². The fourth-order valence-electron chi connectivity index (χ4n) is 5.01. The van der Waals surface area contributed by atoms with Crippen molar-refractivity contribution in [1.82, 2.24) is 14.1 Å². The highest BCUT2D eigenvalue weighted by atomic mass is 32.1. The van der Waals surface area contributed by atoms with Gasteiger partial charge >= 0.3 is 11.7 Å². The molecule has 1 fully saturated rings. The number of aryl methyl sites for hydroxylation is 2. The maximum Gasteiger partial charge on any atom is 0.333 e. The van der Waals surface area contributed by atoms with E-state index in [2.05, 4.69) is 4.98 Å². The normalized spacial score (nSPS) is 15.6. The lowest BCUT2D eigenvalue weighted by Crippen LogP contribution is -2.52. The van der Waals surface area contributed by atoms with Gasteiger partial charge < -0.3 is 19.0 Å². The zero-order valence-corrected chi connectivity index (χ0v) is 23.1. The van der Waals surface area contributed by atoms with E-state index in [0.717, 1.165) is 28.5 Å². The third-order valence-corrected chi connectivity index (χ3v) is 8.63. The van der Waals surface area contributed by atoms with Gasteiger partial charge in [-0.15, -0.1) is 11.3 Å². The fourth-order valence-corrected chi connectivity index (χ4v) is 6.25. The lowest BCUT2D eigenvalue weighted by molar-refractivity contribution is -0.146. The van der Waals surface area contributed by atoms with Crippen LogP contribution in [0.15, 0.2) is 50.7 Å². The summed E-state index contributed by atoms with van der Waals surface area (Å²) in [5, 5.41) is 10.2. The van der Waals surface area contributed by atoms with Crippen LogP contribution in [0, 0.1) is 13.8 Å². The molecule has 1 aromatic carbocycles. The van der Waals surface area contributed by atoms with E-state index in [0.29, 0.717) is 34.4 Å². The largest absolute Gasteiger partial charge is 0.480 e. The van der Waals surface area contributed by atoms with Crippen LogP contribution in [0.3, 0.4) is 0 Å². The Morgan fingerprint density at radius 3 is 2.59 bits per heavy atom. The third kappa shape index (κ3) is 4.86. The number of carbonyl (C=O) groups is 1. The van der Waals surface area contributed by atoms with Gasteiger partial charge in [-0.05, 0) is 57.2 Å². The Bertz CT molecular complexity index is 1630. The molecule has 0 amide bonds. The predicted molar refractivity (Wildman–Crippen MR) is 146 cm³/mol. The number of carboxylic acids is 1. The number of aromatic nitrogens is 3. The van der Waals surface area contributed by atoms with Crippen molar-refractivity contribution in [2.45, 2.75) is 64.8 Å². The van der Waals surface area contributed by atoms with E-state index in [9.17, 15) is 19.5 Å². The van der Waals surface area contributed by atoms with Crippen LogP contribution in [-0.4, -0.2) is 44.5 Å². The minimum atomic E-state index is -1.79. The molecule has 4 aromatic rings. The number of fused-ring (bicyclic) bond motifs is 1. The Morgan fingerprint density at radius 1 is 1.23 bits per heavy atom. The number of oxazole rings is 1. The summed E-state index contributed by atoms with van der Waals surface area (Å²) in [6, 6.07) is 7.82. The Labute approximate surface area is 228 Å². The van der Waals surface area contributed by atoms with Crippen molar-refractivity contribution >= 4 is 27.5 Å². The Kier molecular flexibility index (Phi) is 7.32. The molecule has 0 spiro atoms. The first-order valence-electron chi connectivity index (χ1n) is 12.8. The van der Waals surface area contributed by atoms with Crippen LogP contribution in [-0.2, 0) is 26.4 Å². The summed E-state index contributed by atoms with van der Waals surface area (Å²) in [5.41, 5.74) is -0.677. The summed E-state index contributed by atoms with van der Waals surface area (Å²) in [6.07, 6.45) is 3.81. The zero-order chi connectivity index (χ0) is 27.9. The quantitative estimate of drug-likeness (QED) is 0.343. The molecule has 5 rings (SSSR count). The molecule has 1 aliphatic heterocycles. The first kappa shape index (κ1) is 27.0. The Morgan fingerprint density at radius 2 is 1.95 bits per heavy atom. The van der Waals surface area contributed by atoms with Gasteiger partial charge in [0.25, 0.3) is 5.56 Å². The van der Waals surface area contributed by atoms with E-state index in [1.807, 2.05) is 31.2 Å². The molecule has 0 radical (unpaired) electrons. The summed E-state index contributed by atoms with van der Waals surface area (Å²) in [7, 11) is 0. The van der Waals surface area contributed by atoms with Gasteiger partial charge in [-0.3, -0.25) is 9.36 Å². The SMILES string of the molecule is Cc1ccccc1[C@@H](Cn1c(=O)n(C(C)(C)C(=O)O)c(=O)c2c(C)c(-c3ncco3)sc21)OC1CCOCC1. The van der Waals surface area contributed by atoms with Gasteiger partial charge in [-0.2, -0.15) is 0 Å². The van der Waals surface area contributed by atoms with Gasteiger partial charge in [-0.1, -0.05) is 24.3 Å². The number of aliphatic carboxylic acids is 1. The van der Waals surface area contributed by atoms with Gasteiger partial charge in [0.1, 0.15) is 22.7 Å². The first-order valence-corrected chi connectivity index (χ1v) is 13.6. The van der Waals surface area contributed by atoms with Crippen LogP contribution in [0.2, 0.25) is 0 Å². The summed E-state index contributed by atoms with van der Waals surface area (Å²) >= 11 is 1.22. The second-order valence-corrected chi connectivity index (χ2v) is 11.3. The summed E-state index contributed by atoms with van der Waals surface area (Å²) < 4.78 is 19.9. The maximum atomic E-state index is 14.1. The van der Waals surface area contributed by atoms with E-state index < -0.39 is 28.9 Å². The molecule has 0 unspecified atom stereocenters. The van der Waals surface area contributed by atoms with Gasteiger partial charge in [-0.25, -0.2) is 19.1 Å². The highest BCUT2D eigenvalue weighted by Gasteiger charge is 2.36. The van der Waals surface area contributed by atoms with Crippen molar-refractivity contribution in [1.29, 1.82) is 0 Å². The Balaban J connectivity index is 1.75. The van der Waals surface area contributed by atoms with Crippen molar-refractivity contribution in [3.63, 3.8) is 0 Å². The predicted octanol–water partition coefficient (Wildman–Crippen LogP) is 4.25. The maximum absolute atomic E-state index is 14.1. The molecule has 11 heteroatoms. The van der Waals surface area contributed by atoms with E-state index in [-0.39, 0.29) is 18.0 Å². The van der Waals surface area contributed by atoms with Crippen LogP contribution >= 0.6 is 11.3 Å². The van der Waals surface area contributed by atoms with Crippen molar-refractivity contribution < 1.29 is 23.8 Å². The van der Waals surface area contributed by atoms with Gasteiger partial charge in [0, 0.05) is 13.2 Å². The van der Waals surface area contributed by atoms with Crippen molar-refractivity contribution in [2.24, 2.45) is 0 Å². The number of thiophene rings is 1. The second kappa shape index (κ2) is 10.6. The third-order valence-electron chi connectivity index (χ3n) is 7.33. The van der Waals surface area contributed by atoms with E-state index in [4.69, 9.17) is 13.9 Å². The van der Waals surface area contributed by atoms with Crippen molar-refractivity contribution in [3.8, 4) is 10.8 Å². The molecule has 1 saturated heterocycles. The molecular formula is C28H31N3O7S. The lowest BCUT2D eigenvalue weighted by atomic mass is 10.0. The average molecular weight is 554 g/mol. The Hall–Kier alpha value is -3.54. The molecule has 1 aliphatic rings. The van der Waals surface area contributed by atoms with Crippen LogP contribution < -0.4 is 11.2 Å². The molecule has 0 saturated carbocycles. The number of hydrogen-bond donors (Lipinski definition) is 1. The second-order valence-electron chi connectivity index (χ2n) is 10.3. The number of nitrogens with zero attached hydrogens (tertiary/aromatic N) is 3. The summed E-state index contributed by atoms with van der Waals surface area (Å²) in [6.45, 7) is 7.71. The monoisotopic (exact) mass is 553 g/mol. The topological polar surface area (TPSA) is 126 Å². The molecule has 206 valence electrons. The molecule has 39 heavy (non-hydrogen) atoms. The van der Waals surface area contributed by atoms with Gasteiger partial charge in [0.2, 0.25) is 5.89 Å². The highest BCUT2D eigenvalue weighted by molar-refractivity contribution is 7.22. The summed E-state index contributed by atoms with van der Waals surface area (Å²) in [4.78, 5) is 45.3. The summed E-state index contributed by atoms with van der Waals surface area (Å²) in [5.74, 6) is -0.965. The van der Waals surface area contributed by atoms with E-state index in [1.54, 1.807) is 6.92 Å². The molecule has 10 nitrogen and oxygen atoms in total. The first-order chi connectivity index (χ1) is 18.6. The molecule has 3 aromatic heterocycles. The minimum Gasteiger partial charge on any atom is -0.480 e. The lowest BCUT2D eigenvalue weighted by Gasteiger charge is -2.30. The number of benzene rings is 1. The number of carboxylic acid groups (broad SMARTS) is 1. The van der Waals surface area contributed by atoms with Gasteiger partial charge in [0.05, 0.1) is 29.1 Å². The smallest absolute Gasteiger partial charge is 0.333 e. The molecule has 4 heterocycles. The van der Waals surface area contributed by atoms with Crippen molar-refractivity contribution in [3.05, 3.63) is 74.3 Å². The molecule has 1 N–H and O–H groups in total. The number of hydrogen-bond acceptors (Lipinski definition) is 8. The highest BCUT2D eigenvalue weighted by Crippen LogP contribution is 2.37. The number of ether oxygens (including phenoxy) is 2. The standard InChI is InChI=1S/C28H31N3O7S/c1-16-7-5-6-8-19(16)20(38-18-9-12-36-13-10-18)15-30-25-21(17(2)22(39-25)23-29-11-14-37-23)24(32)31(27(30)35)28(3,4)26(33)34/h5-8,11,14,18,20H,9-10,12-13,15H2,1-4H3,(H,33,34)/t20-/m1/s1. The van der Waals surface area contributed by atoms with Crippen LogP contribution in [0.4, 0.5) is 0 Å². The fraction of sp³-hybridized carbons (Fsp3) is 0.429. The molecule has 0 aliphatic carbocycles. The van der Waals surface area contributed by atoms with Crippen LogP contribution in [0.5, 0.6) is 0 Å². The average Bonchev–Trinajstić information content (AvgIpc) is 3.55. The van der Waals surface area contributed by atoms with E-state index >= 15 is 0 Å². The molecular weight excluding hydrogens is 522 g/mol. The zero-order valence-electron chi connectivity index (χ0n) is 22.3. The van der Waals surface area contributed by atoms with Gasteiger partial charge in [0.15, 0.2) is 0 Å². The molecule has 0 bridgehead atoms. The minimum absolute atomic E-state index is 0.0659. The van der Waals surface area contributed by atoms with E-state index in [1.165, 1.54) is 42.2 Å². The number of rotatable bonds is 8.